The molecule has 3 aliphatic rings. The minimum Gasteiger partial charge on any atom is -0.462 e. The van der Waals surface area contributed by atoms with Crippen LogP contribution in [-0.4, -0.2) is 54.6 Å². The third-order valence-electron chi connectivity index (χ3n) is 7.33. The quantitative estimate of drug-likeness (QED) is 0.687. The molecule has 0 bridgehead atoms. The summed E-state index contributed by atoms with van der Waals surface area (Å²) in [4.78, 5) is 17.5. The number of benzene rings is 1. The van der Waals surface area contributed by atoms with E-state index in [0.717, 1.165) is 50.6 Å². The van der Waals surface area contributed by atoms with Gasteiger partial charge < -0.3 is 9.64 Å². The van der Waals surface area contributed by atoms with Gasteiger partial charge in [0, 0.05) is 45.7 Å². The van der Waals surface area contributed by atoms with Gasteiger partial charge in [0.05, 0.1) is 5.41 Å². The van der Waals surface area contributed by atoms with Crippen LogP contribution < -0.4 is 0 Å². The minimum absolute atomic E-state index is 0.0485. The van der Waals surface area contributed by atoms with Gasteiger partial charge in [0.2, 0.25) is 0 Å². The Morgan fingerprint density at radius 2 is 1.63 bits per heavy atom. The van der Waals surface area contributed by atoms with E-state index in [1.807, 2.05) is 0 Å². The first-order chi connectivity index (χ1) is 13.1. The topological polar surface area (TPSA) is 32.8 Å². The lowest BCUT2D eigenvalue weighted by Gasteiger charge is -2.23. The number of likely N-dealkylation sites (tertiary alicyclic amines) is 2. The Morgan fingerprint density at radius 3 is 2.22 bits per heavy atom. The van der Waals surface area contributed by atoms with Crippen molar-refractivity contribution in [3.8, 4) is 0 Å². The second-order valence-corrected chi connectivity index (χ2v) is 8.97. The third-order valence-corrected chi connectivity index (χ3v) is 7.33. The van der Waals surface area contributed by atoms with Crippen molar-refractivity contribution in [2.75, 3.05) is 32.7 Å². The van der Waals surface area contributed by atoms with Gasteiger partial charge in [-0.05, 0) is 36.7 Å². The van der Waals surface area contributed by atoms with E-state index >= 15 is 0 Å². The van der Waals surface area contributed by atoms with E-state index in [1.54, 1.807) is 0 Å². The molecule has 0 N–H and O–H groups in total. The van der Waals surface area contributed by atoms with Gasteiger partial charge >= 0.3 is 5.97 Å². The highest BCUT2D eigenvalue weighted by atomic mass is 16.6. The molecule has 0 radical (unpaired) electrons. The predicted octanol–water partition coefficient (Wildman–Crippen LogP) is 3.56. The van der Waals surface area contributed by atoms with Crippen molar-refractivity contribution in [1.82, 2.24) is 9.80 Å². The standard InChI is InChI=1S/C23H34N2O2/c1-3-23(4-2)12-21(27-22(23)26)10-11-24-14-19-16-25(17-20(19)15-24)13-18-8-6-5-7-9-18/h5-9,19-21H,3-4,10-17H2,1-2H3. The first kappa shape index (κ1) is 18.9. The molecule has 3 unspecified atom stereocenters. The molecule has 0 saturated carbocycles. The second kappa shape index (κ2) is 7.92. The summed E-state index contributed by atoms with van der Waals surface area (Å²) in [6.45, 7) is 11.3. The van der Waals surface area contributed by atoms with Crippen LogP contribution in [0.3, 0.4) is 0 Å². The molecule has 0 aliphatic carbocycles. The van der Waals surface area contributed by atoms with Gasteiger partial charge in [-0.1, -0.05) is 44.2 Å². The van der Waals surface area contributed by atoms with Gasteiger partial charge in [-0.2, -0.15) is 0 Å². The monoisotopic (exact) mass is 370 g/mol. The molecule has 3 saturated heterocycles. The van der Waals surface area contributed by atoms with Crippen LogP contribution in [0.4, 0.5) is 0 Å². The maximum Gasteiger partial charge on any atom is 0.312 e. The maximum absolute atomic E-state index is 12.3. The van der Waals surface area contributed by atoms with E-state index in [9.17, 15) is 4.79 Å². The lowest BCUT2D eigenvalue weighted by molar-refractivity contribution is -0.149. The number of carbonyl (C=O) groups is 1. The van der Waals surface area contributed by atoms with E-state index in [1.165, 1.54) is 31.7 Å². The molecular weight excluding hydrogens is 336 g/mol. The number of carbonyl (C=O) groups excluding carboxylic acids is 1. The Kier molecular flexibility index (Phi) is 5.56. The fourth-order valence-corrected chi connectivity index (χ4v) is 5.49. The average molecular weight is 371 g/mol. The van der Waals surface area contributed by atoms with E-state index < -0.39 is 0 Å². The lowest BCUT2D eigenvalue weighted by Crippen LogP contribution is -2.30. The largest absolute Gasteiger partial charge is 0.462 e. The molecule has 1 aromatic rings. The Morgan fingerprint density at radius 1 is 1.00 bits per heavy atom. The molecule has 27 heavy (non-hydrogen) atoms. The Balaban J connectivity index is 1.22. The summed E-state index contributed by atoms with van der Waals surface area (Å²) in [6.07, 6.45) is 3.87. The number of hydrogen-bond donors (Lipinski definition) is 0. The third kappa shape index (κ3) is 3.93. The number of ether oxygens (including phenoxy) is 1. The molecule has 3 aliphatic heterocycles. The van der Waals surface area contributed by atoms with E-state index in [2.05, 4.69) is 54.0 Å². The maximum atomic E-state index is 12.3. The lowest BCUT2D eigenvalue weighted by atomic mass is 9.79. The first-order valence-electron chi connectivity index (χ1n) is 10.8. The number of hydrogen-bond acceptors (Lipinski definition) is 4. The van der Waals surface area contributed by atoms with Crippen LogP contribution in [0.2, 0.25) is 0 Å². The molecule has 0 amide bonds. The van der Waals surface area contributed by atoms with Crippen molar-refractivity contribution in [1.29, 1.82) is 0 Å². The minimum atomic E-state index is -0.204. The van der Waals surface area contributed by atoms with Crippen molar-refractivity contribution in [2.24, 2.45) is 17.3 Å². The summed E-state index contributed by atoms with van der Waals surface area (Å²) in [5.74, 6) is 1.67. The zero-order chi connectivity index (χ0) is 18.9. The number of nitrogens with zero attached hydrogens (tertiary/aromatic N) is 2. The SMILES string of the molecule is CCC1(CC)CC(CCN2CC3CN(Cc4ccccc4)CC3C2)OC1=O. The molecule has 148 valence electrons. The van der Waals surface area contributed by atoms with Gasteiger partial charge in [-0.25, -0.2) is 0 Å². The molecule has 3 atom stereocenters. The highest BCUT2D eigenvalue weighted by Gasteiger charge is 2.46. The molecule has 4 nitrogen and oxygen atoms in total. The molecule has 3 heterocycles. The molecule has 0 aromatic heterocycles. The van der Waals surface area contributed by atoms with Gasteiger partial charge in [0.15, 0.2) is 0 Å². The highest BCUT2D eigenvalue weighted by Crippen LogP contribution is 2.41. The summed E-state index contributed by atoms with van der Waals surface area (Å²) < 4.78 is 5.72. The Labute approximate surface area is 163 Å². The van der Waals surface area contributed by atoms with Crippen molar-refractivity contribution in [3.05, 3.63) is 35.9 Å². The number of esters is 1. The fraction of sp³-hybridized carbons (Fsp3) is 0.696. The molecule has 4 heteroatoms. The van der Waals surface area contributed by atoms with E-state index in [-0.39, 0.29) is 17.5 Å². The van der Waals surface area contributed by atoms with Crippen LogP contribution in [0.25, 0.3) is 0 Å². The van der Waals surface area contributed by atoms with Crippen LogP contribution >= 0.6 is 0 Å². The second-order valence-electron chi connectivity index (χ2n) is 8.97. The van der Waals surface area contributed by atoms with Crippen LogP contribution in [-0.2, 0) is 16.1 Å². The van der Waals surface area contributed by atoms with Crippen LogP contribution in [0, 0.1) is 17.3 Å². The summed E-state index contributed by atoms with van der Waals surface area (Å²) in [6, 6.07) is 10.8. The molecule has 3 fully saturated rings. The predicted molar refractivity (Wildman–Crippen MR) is 107 cm³/mol. The van der Waals surface area contributed by atoms with E-state index in [0.29, 0.717) is 0 Å². The molecule has 0 spiro atoms. The number of cyclic esters (lactones) is 1. The first-order valence-corrected chi connectivity index (χ1v) is 10.8. The van der Waals surface area contributed by atoms with Crippen LogP contribution in [0.15, 0.2) is 30.3 Å². The molecule has 4 rings (SSSR count). The van der Waals surface area contributed by atoms with Crippen molar-refractivity contribution >= 4 is 5.97 Å². The Bertz CT molecular complexity index is 629. The number of rotatable bonds is 7. The van der Waals surface area contributed by atoms with Crippen molar-refractivity contribution < 1.29 is 9.53 Å². The smallest absolute Gasteiger partial charge is 0.312 e. The summed E-state index contributed by atoms with van der Waals surface area (Å²) in [5, 5.41) is 0. The summed E-state index contributed by atoms with van der Waals surface area (Å²) >= 11 is 0. The molecular formula is C23H34N2O2. The van der Waals surface area contributed by atoms with Crippen molar-refractivity contribution in [3.63, 3.8) is 0 Å². The van der Waals surface area contributed by atoms with Gasteiger partial charge in [0.25, 0.3) is 0 Å². The number of fused-ring (bicyclic) bond motifs is 1. The highest BCUT2D eigenvalue weighted by molar-refractivity contribution is 5.78. The van der Waals surface area contributed by atoms with Gasteiger partial charge in [0.1, 0.15) is 6.10 Å². The van der Waals surface area contributed by atoms with Crippen molar-refractivity contribution in [2.45, 2.75) is 52.2 Å². The normalized spacial score (nSPS) is 30.6. The zero-order valence-electron chi connectivity index (χ0n) is 16.9. The van der Waals surface area contributed by atoms with Gasteiger partial charge in [-0.15, -0.1) is 0 Å². The Hall–Kier alpha value is -1.39. The average Bonchev–Trinajstić information content (AvgIpc) is 3.32. The summed E-state index contributed by atoms with van der Waals surface area (Å²) in [5.41, 5.74) is 1.22. The summed E-state index contributed by atoms with van der Waals surface area (Å²) in [7, 11) is 0. The van der Waals surface area contributed by atoms with Crippen LogP contribution in [0.5, 0.6) is 0 Å². The van der Waals surface area contributed by atoms with E-state index in [4.69, 9.17) is 4.74 Å². The molecule has 1 aromatic carbocycles. The fourth-order valence-electron chi connectivity index (χ4n) is 5.49. The van der Waals surface area contributed by atoms with Crippen LogP contribution in [0.1, 0.15) is 45.1 Å². The van der Waals surface area contributed by atoms with Gasteiger partial charge in [-0.3, -0.25) is 9.69 Å². The zero-order valence-corrected chi connectivity index (χ0v) is 16.9.